The Morgan fingerprint density at radius 1 is 1.06 bits per heavy atom. The molecule has 0 radical (unpaired) electrons. The van der Waals surface area contributed by atoms with Gasteiger partial charge in [-0.2, -0.15) is 18.3 Å². The zero-order valence-corrected chi connectivity index (χ0v) is 19.2. The lowest BCUT2D eigenvalue weighted by Crippen LogP contribution is -2.18. The quantitative estimate of drug-likeness (QED) is 0.202. The van der Waals surface area contributed by atoms with Crippen molar-refractivity contribution in [1.82, 2.24) is 5.43 Å². The van der Waals surface area contributed by atoms with Crippen molar-refractivity contribution in [2.75, 3.05) is 6.61 Å². The fourth-order valence-electron chi connectivity index (χ4n) is 2.92. The van der Waals surface area contributed by atoms with Crippen molar-refractivity contribution >= 4 is 35.3 Å². The van der Waals surface area contributed by atoms with Gasteiger partial charge in [-0.15, -0.1) is 0 Å². The average Bonchev–Trinajstić information content (AvgIpc) is 2.74. The highest BCUT2D eigenvalue weighted by Crippen LogP contribution is 2.34. The third kappa shape index (κ3) is 8.36. The van der Waals surface area contributed by atoms with E-state index in [-0.39, 0.29) is 5.56 Å². The Kier molecular flexibility index (Phi) is 10.3. The number of rotatable bonds is 11. The van der Waals surface area contributed by atoms with Crippen LogP contribution >= 0.6 is 23.2 Å². The number of amides is 1. The van der Waals surface area contributed by atoms with E-state index in [1.54, 1.807) is 12.1 Å². The minimum Gasteiger partial charge on any atom is -0.490 e. The highest BCUT2D eigenvalue weighted by atomic mass is 35.5. The number of nitrogens with one attached hydrogen (secondary N) is 1. The fourth-order valence-corrected chi connectivity index (χ4v) is 3.53. The molecule has 0 aliphatic carbocycles. The summed E-state index contributed by atoms with van der Waals surface area (Å²) in [6.45, 7) is 2.68. The molecule has 1 amide bonds. The molecule has 0 fully saturated rings. The summed E-state index contributed by atoms with van der Waals surface area (Å²) in [5.74, 6) is -0.393. The van der Waals surface area contributed by atoms with Crippen LogP contribution in [-0.4, -0.2) is 18.7 Å². The van der Waals surface area contributed by atoms with Crippen LogP contribution in [0.1, 0.15) is 66.9 Å². The van der Waals surface area contributed by atoms with Gasteiger partial charge in [0.15, 0.2) is 5.75 Å². The molecule has 0 aliphatic heterocycles. The van der Waals surface area contributed by atoms with Gasteiger partial charge in [-0.25, -0.2) is 5.43 Å². The molecule has 2 rings (SSSR count). The number of hydrazone groups is 1. The number of unbranched alkanes of at least 4 members (excludes halogenated alkanes) is 5. The molecule has 0 saturated carbocycles. The molecule has 1 N–H and O–H groups in total. The molecular weight excluding hydrogens is 464 g/mol. The number of alkyl halides is 3. The third-order valence-electron chi connectivity index (χ3n) is 4.60. The minimum atomic E-state index is -4.54. The molecule has 0 heterocycles. The smallest absolute Gasteiger partial charge is 0.416 e. The summed E-state index contributed by atoms with van der Waals surface area (Å²) in [7, 11) is 0. The Morgan fingerprint density at radius 2 is 1.72 bits per heavy atom. The molecule has 174 valence electrons. The van der Waals surface area contributed by atoms with E-state index in [9.17, 15) is 18.0 Å². The van der Waals surface area contributed by atoms with Crippen molar-refractivity contribution in [3.63, 3.8) is 0 Å². The lowest BCUT2D eigenvalue weighted by atomic mass is 10.1. The first kappa shape index (κ1) is 26.0. The summed E-state index contributed by atoms with van der Waals surface area (Å²) in [5, 5.41) is 4.37. The van der Waals surface area contributed by atoms with Crippen LogP contribution in [-0.2, 0) is 6.18 Å². The van der Waals surface area contributed by atoms with Gasteiger partial charge in [-0.1, -0.05) is 68.3 Å². The van der Waals surface area contributed by atoms with Crippen LogP contribution in [0.2, 0.25) is 10.0 Å². The summed E-state index contributed by atoms with van der Waals surface area (Å²) in [6, 6.07) is 7.22. The molecule has 9 heteroatoms. The van der Waals surface area contributed by atoms with Crippen LogP contribution in [0.25, 0.3) is 0 Å². The van der Waals surface area contributed by atoms with Gasteiger partial charge in [0, 0.05) is 5.56 Å². The maximum absolute atomic E-state index is 12.8. The highest BCUT2D eigenvalue weighted by molar-refractivity contribution is 6.37. The number of ether oxygens (including phenoxy) is 1. The number of carbonyl (C=O) groups is 1. The Morgan fingerprint density at radius 3 is 2.38 bits per heavy atom. The molecule has 0 unspecified atom stereocenters. The van der Waals surface area contributed by atoms with E-state index < -0.39 is 17.6 Å². The summed E-state index contributed by atoms with van der Waals surface area (Å²) in [6.07, 6.45) is 3.56. The Bertz CT molecular complexity index is 911. The number of hydrogen-bond acceptors (Lipinski definition) is 3. The number of benzene rings is 2. The number of carbonyl (C=O) groups excluding carboxylic acids is 1. The molecular formula is C23H25Cl2F3N2O2. The van der Waals surface area contributed by atoms with Crippen molar-refractivity contribution < 1.29 is 22.7 Å². The summed E-state index contributed by atoms with van der Waals surface area (Å²) < 4.78 is 44.0. The van der Waals surface area contributed by atoms with Crippen LogP contribution in [0.15, 0.2) is 41.5 Å². The molecule has 0 aromatic heterocycles. The molecule has 0 atom stereocenters. The Hall–Kier alpha value is -2.25. The first-order valence-electron chi connectivity index (χ1n) is 10.3. The van der Waals surface area contributed by atoms with E-state index in [0.29, 0.717) is 28.0 Å². The predicted octanol–water partition coefficient (Wildman–Crippen LogP) is 7.52. The van der Waals surface area contributed by atoms with Gasteiger partial charge in [-0.05, 0) is 42.3 Å². The normalized spacial score (nSPS) is 11.7. The predicted molar refractivity (Wildman–Crippen MR) is 122 cm³/mol. The maximum atomic E-state index is 12.8. The van der Waals surface area contributed by atoms with Crippen LogP contribution < -0.4 is 10.2 Å². The monoisotopic (exact) mass is 488 g/mol. The van der Waals surface area contributed by atoms with Crippen molar-refractivity contribution in [2.24, 2.45) is 5.10 Å². The van der Waals surface area contributed by atoms with Crippen LogP contribution in [0.4, 0.5) is 13.2 Å². The van der Waals surface area contributed by atoms with Crippen molar-refractivity contribution in [3.05, 3.63) is 63.1 Å². The fraction of sp³-hybridized carbons (Fsp3) is 0.391. The van der Waals surface area contributed by atoms with Gasteiger partial charge in [0.1, 0.15) is 0 Å². The average molecular weight is 489 g/mol. The van der Waals surface area contributed by atoms with E-state index in [2.05, 4.69) is 17.5 Å². The van der Waals surface area contributed by atoms with E-state index in [4.69, 9.17) is 27.9 Å². The third-order valence-corrected chi connectivity index (χ3v) is 5.16. The zero-order valence-electron chi connectivity index (χ0n) is 17.6. The van der Waals surface area contributed by atoms with Crippen LogP contribution in [0.5, 0.6) is 5.75 Å². The topological polar surface area (TPSA) is 50.7 Å². The van der Waals surface area contributed by atoms with E-state index in [1.807, 2.05) is 0 Å². The largest absolute Gasteiger partial charge is 0.490 e. The molecule has 4 nitrogen and oxygen atoms in total. The van der Waals surface area contributed by atoms with Gasteiger partial charge < -0.3 is 4.74 Å². The minimum absolute atomic E-state index is 0.161. The SMILES string of the molecule is CCCCCCCCOc1c(Cl)cc(C=NNC(=O)c2cccc(C(F)(F)F)c2)cc1Cl. The molecule has 0 aliphatic rings. The molecule has 32 heavy (non-hydrogen) atoms. The standard InChI is InChI=1S/C23H25Cl2F3N2O2/c1-2-3-4-5-6-7-11-32-21-19(24)12-16(13-20(21)25)15-29-30-22(31)17-9-8-10-18(14-17)23(26,27)28/h8-10,12-15H,2-7,11H2,1H3,(H,30,31). The van der Waals surface area contributed by atoms with Gasteiger partial charge in [0.25, 0.3) is 5.91 Å². The number of halogens is 5. The van der Waals surface area contributed by atoms with Crippen LogP contribution in [0, 0.1) is 0 Å². The van der Waals surface area contributed by atoms with Crippen molar-refractivity contribution in [2.45, 2.75) is 51.6 Å². The molecule has 0 spiro atoms. The molecule has 0 saturated heterocycles. The molecule has 0 bridgehead atoms. The second-order valence-electron chi connectivity index (χ2n) is 7.21. The number of nitrogens with zero attached hydrogens (tertiary/aromatic N) is 1. The van der Waals surface area contributed by atoms with Gasteiger partial charge in [0.2, 0.25) is 0 Å². The lowest BCUT2D eigenvalue weighted by Gasteiger charge is -2.11. The maximum Gasteiger partial charge on any atom is 0.416 e. The number of hydrogen-bond donors (Lipinski definition) is 1. The summed E-state index contributed by atoms with van der Waals surface area (Å²) >= 11 is 12.5. The zero-order chi connectivity index (χ0) is 23.6. The Balaban J connectivity index is 1.91. The molecule has 2 aromatic carbocycles. The summed E-state index contributed by atoms with van der Waals surface area (Å²) in [5.41, 5.74) is 1.61. The lowest BCUT2D eigenvalue weighted by molar-refractivity contribution is -0.137. The van der Waals surface area contributed by atoms with E-state index in [0.717, 1.165) is 31.0 Å². The van der Waals surface area contributed by atoms with E-state index >= 15 is 0 Å². The first-order chi connectivity index (χ1) is 15.2. The van der Waals surface area contributed by atoms with Crippen LogP contribution in [0.3, 0.4) is 0 Å². The highest BCUT2D eigenvalue weighted by Gasteiger charge is 2.30. The second-order valence-corrected chi connectivity index (χ2v) is 8.02. The summed E-state index contributed by atoms with van der Waals surface area (Å²) in [4.78, 5) is 12.1. The van der Waals surface area contributed by atoms with Gasteiger partial charge in [0.05, 0.1) is 28.4 Å². The van der Waals surface area contributed by atoms with Crippen molar-refractivity contribution in [1.29, 1.82) is 0 Å². The van der Waals surface area contributed by atoms with Gasteiger partial charge >= 0.3 is 6.18 Å². The van der Waals surface area contributed by atoms with Gasteiger partial charge in [-0.3, -0.25) is 4.79 Å². The molecule has 2 aromatic rings. The first-order valence-corrected chi connectivity index (χ1v) is 11.1. The second kappa shape index (κ2) is 12.7. The Labute approximate surface area is 195 Å². The van der Waals surface area contributed by atoms with E-state index in [1.165, 1.54) is 38.0 Å². The van der Waals surface area contributed by atoms with Crippen molar-refractivity contribution in [3.8, 4) is 5.75 Å².